The molecule has 2 heterocycles. The van der Waals surface area contributed by atoms with Crippen molar-refractivity contribution < 1.29 is 5.11 Å². The van der Waals surface area contributed by atoms with Gasteiger partial charge in [0.05, 0.1) is 5.39 Å². The van der Waals surface area contributed by atoms with Gasteiger partial charge in [0.15, 0.2) is 0 Å². The number of thiophene rings is 1. The Morgan fingerprint density at radius 2 is 2.25 bits per heavy atom. The standard InChI is InChI=1S/C13H21N5OS/c1-3-9-6-10-11(15-7-8(2)4-5-19)16-13(18-14)17-12(10)20-9/h6,8,19H,3-5,7,14H2,1-2H3,(H2,15,16,17,18). The fourth-order valence-corrected chi connectivity index (χ4v) is 2.91. The van der Waals surface area contributed by atoms with Gasteiger partial charge in [-0.05, 0) is 24.8 Å². The van der Waals surface area contributed by atoms with Crippen LogP contribution < -0.4 is 16.6 Å². The van der Waals surface area contributed by atoms with Gasteiger partial charge in [0.25, 0.3) is 0 Å². The number of nitrogens with zero attached hydrogens (tertiary/aromatic N) is 2. The number of hydrogen-bond donors (Lipinski definition) is 4. The maximum atomic E-state index is 8.94. The normalized spacial score (nSPS) is 12.6. The first-order valence-electron chi connectivity index (χ1n) is 6.79. The molecular weight excluding hydrogens is 274 g/mol. The number of fused-ring (bicyclic) bond motifs is 1. The fraction of sp³-hybridized carbons (Fsp3) is 0.538. The monoisotopic (exact) mass is 295 g/mol. The molecule has 2 aromatic rings. The molecule has 0 fully saturated rings. The number of hydrazine groups is 1. The second kappa shape index (κ2) is 6.83. The Kier molecular flexibility index (Phi) is 5.11. The smallest absolute Gasteiger partial charge is 0.240 e. The second-order valence-corrected chi connectivity index (χ2v) is 5.94. The van der Waals surface area contributed by atoms with E-state index >= 15 is 0 Å². The minimum absolute atomic E-state index is 0.204. The summed E-state index contributed by atoms with van der Waals surface area (Å²) in [5.41, 5.74) is 2.50. The average Bonchev–Trinajstić information content (AvgIpc) is 2.87. The molecule has 0 radical (unpaired) electrons. The van der Waals surface area contributed by atoms with Crippen molar-refractivity contribution in [1.82, 2.24) is 9.97 Å². The van der Waals surface area contributed by atoms with Crippen molar-refractivity contribution in [2.24, 2.45) is 11.8 Å². The van der Waals surface area contributed by atoms with Crippen molar-refractivity contribution in [1.29, 1.82) is 0 Å². The van der Waals surface area contributed by atoms with Gasteiger partial charge in [-0.25, -0.2) is 10.8 Å². The van der Waals surface area contributed by atoms with E-state index < -0.39 is 0 Å². The maximum absolute atomic E-state index is 8.94. The Bertz CT molecular complexity index is 571. The maximum Gasteiger partial charge on any atom is 0.240 e. The Morgan fingerprint density at radius 1 is 1.45 bits per heavy atom. The molecule has 0 aromatic carbocycles. The number of anilines is 2. The van der Waals surface area contributed by atoms with Crippen LogP contribution in [0.1, 0.15) is 25.1 Å². The van der Waals surface area contributed by atoms with E-state index in [1.807, 2.05) is 0 Å². The molecule has 0 aliphatic carbocycles. The van der Waals surface area contributed by atoms with E-state index in [4.69, 9.17) is 10.9 Å². The number of rotatable bonds is 7. The molecule has 20 heavy (non-hydrogen) atoms. The molecule has 1 unspecified atom stereocenters. The Hall–Kier alpha value is -1.44. The molecule has 1 atom stereocenters. The lowest BCUT2D eigenvalue weighted by Crippen LogP contribution is -2.15. The van der Waals surface area contributed by atoms with Gasteiger partial charge in [0.2, 0.25) is 5.95 Å². The molecule has 0 bridgehead atoms. The highest BCUT2D eigenvalue weighted by Gasteiger charge is 2.11. The number of nitrogens with one attached hydrogen (secondary N) is 2. The number of hydrogen-bond acceptors (Lipinski definition) is 7. The van der Waals surface area contributed by atoms with E-state index in [0.717, 1.165) is 35.4 Å². The summed E-state index contributed by atoms with van der Waals surface area (Å²) in [4.78, 5) is 11.0. The molecule has 0 amide bonds. The molecule has 0 saturated carbocycles. The quantitative estimate of drug-likeness (QED) is 0.461. The lowest BCUT2D eigenvalue weighted by Gasteiger charge is -2.12. The van der Waals surface area contributed by atoms with Gasteiger partial charge in [-0.1, -0.05) is 13.8 Å². The van der Waals surface area contributed by atoms with Crippen molar-refractivity contribution in [3.8, 4) is 0 Å². The van der Waals surface area contributed by atoms with Crippen LogP contribution in [0.2, 0.25) is 0 Å². The SMILES string of the molecule is CCc1cc2c(NCC(C)CCO)nc(NN)nc2s1. The van der Waals surface area contributed by atoms with Crippen LogP contribution in [-0.4, -0.2) is 28.2 Å². The highest BCUT2D eigenvalue weighted by atomic mass is 32.1. The van der Waals surface area contributed by atoms with E-state index in [9.17, 15) is 0 Å². The third-order valence-electron chi connectivity index (χ3n) is 3.16. The minimum Gasteiger partial charge on any atom is -0.396 e. The Labute approximate surface area is 122 Å². The van der Waals surface area contributed by atoms with E-state index in [1.165, 1.54) is 4.88 Å². The van der Waals surface area contributed by atoms with E-state index in [-0.39, 0.29) is 6.61 Å². The summed E-state index contributed by atoms with van der Waals surface area (Å²) in [6.07, 6.45) is 1.75. The predicted molar refractivity (Wildman–Crippen MR) is 84.0 cm³/mol. The summed E-state index contributed by atoms with van der Waals surface area (Å²) in [6, 6.07) is 2.12. The van der Waals surface area contributed by atoms with Crippen molar-refractivity contribution >= 4 is 33.3 Å². The van der Waals surface area contributed by atoms with Gasteiger partial charge in [-0.3, -0.25) is 5.43 Å². The molecule has 0 saturated heterocycles. The summed E-state index contributed by atoms with van der Waals surface area (Å²) >= 11 is 1.66. The van der Waals surface area contributed by atoms with Gasteiger partial charge < -0.3 is 10.4 Å². The average molecular weight is 295 g/mol. The summed E-state index contributed by atoms with van der Waals surface area (Å²) in [5, 5.41) is 13.3. The van der Waals surface area contributed by atoms with Crippen molar-refractivity contribution in [3.63, 3.8) is 0 Å². The van der Waals surface area contributed by atoms with E-state index in [2.05, 4.69) is 40.6 Å². The molecular formula is C13H21N5OS. The van der Waals surface area contributed by atoms with Crippen LogP contribution in [0.3, 0.4) is 0 Å². The first-order valence-corrected chi connectivity index (χ1v) is 7.61. The van der Waals surface area contributed by atoms with Crippen LogP contribution in [0.5, 0.6) is 0 Å². The number of aliphatic hydroxyl groups excluding tert-OH is 1. The van der Waals surface area contributed by atoms with Crippen LogP contribution in [0.25, 0.3) is 10.2 Å². The van der Waals surface area contributed by atoms with Gasteiger partial charge in [0.1, 0.15) is 10.6 Å². The molecule has 2 aromatic heterocycles. The molecule has 0 aliphatic heterocycles. The topological polar surface area (TPSA) is 96.1 Å². The summed E-state index contributed by atoms with van der Waals surface area (Å²) in [5.74, 6) is 7.01. The van der Waals surface area contributed by atoms with Crippen molar-refractivity contribution in [3.05, 3.63) is 10.9 Å². The zero-order valence-corrected chi connectivity index (χ0v) is 12.6. The van der Waals surface area contributed by atoms with Gasteiger partial charge in [-0.15, -0.1) is 11.3 Å². The second-order valence-electron chi connectivity index (χ2n) is 4.82. The Morgan fingerprint density at radius 3 is 2.90 bits per heavy atom. The fourth-order valence-electron chi connectivity index (χ4n) is 1.94. The highest BCUT2D eigenvalue weighted by Crippen LogP contribution is 2.30. The number of nitrogens with two attached hydrogens (primary N) is 1. The number of nitrogen functional groups attached to an aromatic ring is 1. The van der Waals surface area contributed by atoms with Gasteiger partial charge in [-0.2, -0.15) is 4.98 Å². The minimum atomic E-state index is 0.204. The van der Waals surface area contributed by atoms with E-state index in [0.29, 0.717) is 11.9 Å². The Balaban J connectivity index is 2.27. The molecule has 7 heteroatoms. The molecule has 5 N–H and O–H groups in total. The number of aliphatic hydroxyl groups is 1. The van der Waals surface area contributed by atoms with Gasteiger partial charge in [0, 0.05) is 18.0 Å². The van der Waals surface area contributed by atoms with Crippen LogP contribution in [0, 0.1) is 5.92 Å². The van der Waals surface area contributed by atoms with Crippen molar-refractivity contribution in [2.45, 2.75) is 26.7 Å². The third-order valence-corrected chi connectivity index (χ3v) is 4.33. The van der Waals surface area contributed by atoms with Crippen LogP contribution >= 0.6 is 11.3 Å². The van der Waals surface area contributed by atoms with Gasteiger partial charge >= 0.3 is 0 Å². The first-order chi connectivity index (χ1) is 9.67. The first kappa shape index (κ1) is 15.0. The molecule has 2 rings (SSSR count). The lowest BCUT2D eigenvalue weighted by atomic mass is 10.1. The molecule has 0 aliphatic rings. The molecule has 110 valence electrons. The van der Waals surface area contributed by atoms with Crippen molar-refractivity contribution in [2.75, 3.05) is 23.9 Å². The zero-order valence-electron chi connectivity index (χ0n) is 11.8. The summed E-state index contributed by atoms with van der Waals surface area (Å²) in [6.45, 7) is 5.18. The van der Waals surface area contributed by atoms with Crippen LogP contribution in [-0.2, 0) is 6.42 Å². The highest BCUT2D eigenvalue weighted by molar-refractivity contribution is 7.18. The summed E-state index contributed by atoms with van der Waals surface area (Å²) < 4.78 is 0. The summed E-state index contributed by atoms with van der Waals surface area (Å²) in [7, 11) is 0. The van der Waals surface area contributed by atoms with E-state index in [1.54, 1.807) is 11.3 Å². The molecule has 0 spiro atoms. The molecule has 6 nitrogen and oxygen atoms in total. The zero-order chi connectivity index (χ0) is 14.5. The van der Waals surface area contributed by atoms with Crippen LogP contribution in [0.15, 0.2) is 6.07 Å². The third kappa shape index (κ3) is 3.36. The number of aromatic nitrogens is 2. The lowest BCUT2D eigenvalue weighted by molar-refractivity contribution is 0.266. The number of aryl methyl sites for hydroxylation is 1. The van der Waals surface area contributed by atoms with Crippen LogP contribution in [0.4, 0.5) is 11.8 Å². The largest absolute Gasteiger partial charge is 0.396 e. The predicted octanol–water partition coefficient (Wildman–Crippen LogP) is 1.97.